The molecule has 0 saturated carbocycles. The predicted molar refractivity (Wildman–Crippen MR) is 58.1 cm³/mol. The molecule has 1 aliphatic heterocycles. The van der Waals surface area contributed by atoms with E-state index >= 15 is 0 Å². The lowest BCUT2D eigenvalue weighted by molar-refractivity contribution is -0.124. The van der Waals surface area contributed by atoms with Crippen LogP contribution in [0.15, 0.2) is 0 Å². The van der Waals surface area contributed by atoms with Crippen molar-refractivity contribution >= 4 is 5.91 Å². The van der Waals surface area contributed by atoms with E-state index in [1.807, 2.05) is 13.8 Å². The largest absolute Gasteiger partial charge is 0.355 e. The topological polar surface area (TPSA) is 41.1 Å². The molecule has 0 aromatic rings. The van der Waals surface area contributed by atoms with Crippen LogP contribution >= 0.6 is 0 Å². The first kappa shape index (κ1) is 11.5. The maximum atomic E-state index is 11.4. The van der Waals surface area contributed by atoms with Crippen LogP contribution in [-0.2, 0) is 4.79 Å². The van der Waals surface area contributed by atoms with Gasteiger partial charge in [-0.3, -0.25) is 4.79 Å². The van der Waals surface area contributed by atoms with Gasteiger partial charge in [0.15, 0.2) is 0 Å². The van der Waals surface area contributed by atoms with Gasteiger partial charge in [-0.25, -0.2) is 0 Å². The number of piperidine rings is 1. The summed E-state index contributed by atoms with van der Waals surface area (Å²) < 4.78 is 0. The lowest BCUT2D eigenvalue weighted by Gasteiger charge is -2.34. The second-order valence-electron chi connectivity index (χ2n) is 4.93. The fraction of sp³-hybridized carbons (Fsp3) is 0.909. The number of hydrogen-bond donors (Lipinski definition) is 2. The van der Waals surface area contributed by atoms with Crippen LogP contribution in [0.2, 0.25) is 0 Å². The van der Waals surface area contributed by atoms with Crippen molar-refractivity contribution in [1.82, 2.24) is 10.6 Å². The third-order valence-electron chi connectivity index (χ3n) is 3.02. The summed E-state index contributed by atoms with van der Waals surface area (Å²) in [6, 6.07) is 0. The van der Waals surface area contributed by atoms with Gasteiger partial charge in [0.25, 0.3) is 0 Å². The molecule has 0 atom stereocenters. The number of carbonyl (C=O) groups excluding carboxylic acids is 1. The normalized spacial score (nSPS) is 20.9. The van der Waals surface area contributed by atoms with Gasteiger partial charge in [0, 0.05) is 12.5 Å². The Balaban J connectivity index is 2.32. The predicted octanol–water partition coefficient (Wildman–Crippen LogP) is 1.15. The van der Waals surface area contributed by atoms with Gasteiger partial charge in [-0.15, -0.1) is 0 Å². The van der Waals surface area contributed by atoms with Gasteiger partial charge in [-0.1, -0.05) is 20.8 Å². The second kappa shape index (κ2) is 4.78. The zero-order valence-corrected chi connectivity index (χ0v) is 9.52. The molecule has 1 amide bonds. The van der Waals surface area contributed by atoms with Gasteiger partial charge < -0.3 is 10.6 Å². The lowest BCUT2D eigenvalue weighted by atomic mass is 9.81. The first-order valence-corrected chi connectivity index (χ1v) is 5.52. The molecule has 1 heterocycles. The lowest BCUT2D eigenvalue weighted by Crippen LogP contribution is -2.43. The molecule has 1 saturated heterocycles. The standard InChI is InChI=1S/C11H22N2O/c1-9(2)10(14)13-8-11(3)4-6-12-7-5-11/h9,12H,4-8H2,1-3H3,(H,13,14). The Bertz CT molecular complexity index is 195. The highest BCUT2D eigenvalue weighted by molar-refractivity contribution is 5.77. The summed E-state index contributed by atoms with van der Waals surface area (Å²) in [5.41, 5.74) is 0.301. The Hall–Kier alpha value is -0.570. The van der Waals surface area contributed by atoms with Crippen molar-refractivity contribution in [3.05, 3.63) is 0 Å². The molecule has 2 N–H and O–H groups in total. The molecule has 1 rings (SSSR count). The van der Waals surface area contributed by atoms with E-state index in [1.165, 1.54) is 0 Å². The second-order valence-corrected chi connectivity index (χ2v) is 4.93. The van der Waals surface area contributed by atoms with Crippen molar-refractivity contribution < 1.29 is 4.79 Å². The number of amides is 1. The number of hydrogen-bond acceptors (Lipinski definition) is 2. The third-order valence-corrected chi connectivity index (χ3v) is 3.02. The minimum absolute atomic E-state index is 0.0975. The summed E-state index contributed by atoms with van der Waals surface area (Å²) >= 11 is 0. The molecule has 0 spiro atoms. The molecular weight excluding hydrogens is 176 g/mol. The average molecular weight is 198 g/mol. The van der Waals surface area contributed by atoms with E-state index in [4.69, 9.17) is 0 Å². The molecule has 1 aliphatic rings. The van der Waals surface area contributed by atoms with Gasteiger partial charge >= 0.3 is 0 Å². The Morgan fingerprint density at radius 2 is 2.00 bits per heavy atom. The van der Waals surface area contributed by atoms with E-state index in [-0.39, 0.29) is 11.8 Å². The Morgan fingerprint density at radius 1 is 1.43 bits per heavy atom. The SMILES string of the molecule is CC(C)C(=O)NCC1(C)CCNCC1. The van der Waals surface area contributed by atoms with Crippen molar-refractivity contribution in [2.24, 2.45) is 11.3 Å². The van der Waals surface area contributed by atoms with E-state index < -0.39 is 0 Å². The van der Waals surface area contributed by atoms with Crippen LogP contribution in [0.3, 0.4) is 0 Å². The molecule has 0 unspecified atom stereocenters. The first-order chi connectivity index (χ1) is 6.53. The van der Waals surface area contributed by atoms with Crippen LogP contribution in [0.1, 0.15) is 33.6 Å². The Labute approximate surface area is 86.6 Å². The molecule has 0 aromatic carbocycles. The van der Waals surface area contributed by atoms with Crippen LogP contribution in [0.5, 0.6) is 0 Å². The fourth-order valence-corrected chi connectivity index (χ4v) is 1.71. The summed E-state index contributed by atoms with van der Waals surface area (Å²) in [5, 5.41) is 6.36. The third kappa shape index (κ3) is 3.29. The minimum atomic E-state index is 0.0975. The van der Waals surface area contributed by atoms with Crippen molar-refractivity contribution in [2.75, 3.05) is 19.6 Å². The van der Waals surface area contributed by atoms with Gasteiger partial charge in [0.05, 0.1) is 0 Å². The summed E-state index contributed by atoms with van der Waals surface area (Å²) in [6.45, 7) is 9.10. The highest BCUT2D eigenvalue weighted by Crippen LogP contribution is 2.26. The van der Waals surface area contributed by atoms with Crippen molar-refractivity contribution in [2.45, 2.75) is 33.6 Å². The molecule has 0 aromatic heterocycles. The molecule has 0 aliphatic carbocycles. The van der Waals surface area contributed by atoms with E-state index in [2.05, 4.69) is 17.6 Å². The average Bonchev–Trinajstić information content (AvgIpc) is 2.15. The summed E-state index contributed by atoms with van der Waals surface area (Å²) in [7, 11) is 0. The van der Waals surface area contributed by atoms with Gasteiger partial charge in [0.1, 0.15) is 0 Å². The van der Waals surface area contributed by atoms with Crippen LogP contribution in [0.4, 0.5) is 0 Å². The Morgan fingerprint density at radius 3 is 2.50 bits per heavy atom. The van der Waals surface area contributed by atoms with Crippen LogP contribution in [-0.4, -0.2) is 25.5 Å². The maximum Gasteiger partial charge on any atom is 0.222 e. The number of carbonyl (C=O) groups is 1. The minimum Gasteiger partial charge on any atom is -0.355 e. The molecule has 0 radical (unpaired) electrons. The highest BCUT2D eigenvalue weighted by Gasteiger charge is 2.27. The van der Waals surface area contributed by atoms with E-state index in [9.17, 15) is 4.79 Å². The monoisotopic (exact) mass is 198 g/mol. The van der Waals surface area contributed by atoms with Crippen LogP contribution in [0.25, 0.3) is 0 Å². The molecule has 0 bridgehead atoms. The number of nitrogens with one attached hydrogen (secondary N) is 2. The maximum absolute atomic E-state index is 11.4. The van der Waals surface area contributed by atoms with Crippen molar-refractivity contribution in [1.29, 1.82) is 0 Å². The highest BCUT2D eigenvalue weighted by atomic mass is 16.1. The molecule has 82 valence electrons. The molecule has 3 heteroatoms. The van der Waals surface area contributed by atoms with E-state index in [0.717, 1.165) is 32.5 Å². The van der Waals surface area contributed by atoms with Crippen molar-refractivity contribution in [3.63, 3.8) is 0 Å². The Kier molecular flexibility index (Phi) is 3.93. The van der Waals surface area contributed by atoms with Crippen LogP contribution < -0.4 is 10.6 Å². The fourth-order valence-electron chi connectivity index (χ4n) is 1.71. The number of rotatable bonds is 3. The van der Waals surface area contributed by atoms with Crippen LogP contribution in [0, 0.1) is 11.3 Å². The van der Waals surface area contributed by atoms with E-state index in [0.29, 0.717) is 5.41 Å². The van der Waals surface area contributed by atoms with Gasteiger partial charge in [0.2, 0.25) is 5.91 Å². The van der Waals surface area contributed by atoms with E-state index in [1.54, 1.807) is 0 Å². The molecular formula is C11H22N2O. The molecule has 14 heavy (non-hydrogen) atoms. The molecule has 1 fully saturated rings. The first-order valence-electron chi connectivity index (χ1n) is 5.52. The molecule has 3 nitrogen and oxygen atoms in total. The van der Waals surface area contributed by atoms with Gasteiger partial charge in [-0.05, 0) is 31.3 Å². The summed E-state index contributed by atoms with van der Waals surface area (Å²) in [6.07, 6.45) is 2.32. The summed E-state index contributed by atoms with van der Waals surface area (Å²) in [4.78, 5) is 11.4. The zero-order chi connectivity index (χ0) is 10.6. The smallest absolute Gasteiger partial charge is 0.222 e. The van der Waals surface area contributed by atoms with Gasteiger partial charge in [-0.2, -0.15) is 0 Å². The van der Waals surface area contributed by atoms with Crippen molar-refractivity contribution in [3.8, 4) is 0 Å². The zero-order valence-electron chi connectivity index (χ0n) is 9.52. The summed E-state index contributed by atoms with van der Waals surface area (Å²) in [5.74, 6) is 0.269. The quantitative estimate of drug-likeness (QED) is 0.714.